The topological polar surface area (TPSA) is 92.3 Å². The molecular weight excluding hydrogens is 348 g/mol. The number of allylic oxidation sites excluding steroid dienone is 1. The number of hydroxylamine groups is 1. The summed E-state index contributed by atoms with van der Waals surface area (Å²) in [5.41, 5.74) is 6.54. The number of pyridine rings is 1. The largest absolute Gasteiger partial charge is 0.481 e. The lowest BCUT2D eigenvalue weighted by Gasteiger charge is -2.36. The lowest BCUT2D eigenvalue weighted by Crippen LogP contribution is -2.51. The van der Waals surface area contributed by atoms with E-state index in [1.165, 1.54) is 0 Å². The predicted octanol–water partition coefficient (Wildman–Crippen LogP) is 2.23. The zero-order valence-corrected chi connectivity index (χ0v) is 14.8. The predicted molar refractivity (Wildman–Crippen MR) is 101 cm³/mol. The first kappa shape index (κ1) is 15.8. The van der Waals surface area contributed by atoms with Crippen molar-refractivity contribution in [1.82, 2.24) is 10.5 Å². The summed E-state index contributed by atoms with van der Waals surface area (Å²) in [5, 5.41) is 6.54. The molecule has 4 heterocycles. The summed E-state index contributed by atoms with van der Waals surface area (Å²) >= 11 is 0. The van der Waals surface area contributed by atoms with E-state index in [1.54, 1.807) is 25.6 Å². The maximum atomic E-state index is 5.89. The van der Waals surface area contributed by atoms with Gasteiger partial charge in [-0.2, -0.15) is 0 Å². The summed E-state index contributed by atoms with van der Waals surface area (Å²) in [7, 11) is 1.58. The molecule has 3 aliphatic heterocycles. The third-order valence-corrected chi connectivity index (χ3v) is 4.59. The Bertz CT molecular complexity index is 975. The van der Waals surface area contributed by atoms with E-state index in [0.717, 1.165) is 34.2 Å². The molecule has 9 nitrogen and oxygen atoms in total. The fourth-order valence-electron chi connectivity index (χ4n) is 3.27. The molecule has 0 aliphatic carbocycles. The number of aliphatic imine (C=N–C) groups is 1. The third kappa shape index (κ3) is 2.43. The molecule has 0 spiro atoms. The zero-order chi connectivity index (χ0) is 18.4. The number of benzene rings is 1. The first-order chi connectivity index (χ1) is 13.2. The molecule has 9 heteroatoms. The Labute approximate surface area is 155 Å². The van der Waals surface area contributed by atoms with Gasteiger partial charge in [-0.05, 0) is 31.2 Å². The number of nitrogens with one attached hydrogen (secondary N) is 3. The van der Waals surface area contributed by atoms with Gasteiger partial charge < -0.3 is 20.1 Å². The molecule has 3 N–H and O–H groups in total. The van der Waals surface area contributed by atoms with Gasteiger partial charge in [0.15, 0.2) is 6.73 Å². The Morgan fingerprint density at radius 2 is 2.22 bits per heavy atom. The average Bonchev–Trinajstić information content (AvgIpc) is 3.26. The Balaban J connectivity index is 1.56. The van der Waals surface area contributed by atoms with Gasteiger partial charge in [-0.3, -0.25) is 4.90 Å². The molecule has 1 unspecified atom stereocenters. The molecule has 138 valence electrons. The van der Waals surface area contributed by atoms with Crippen molar-refractivity contribution in [3.8, 4) is 11.6 Å². The van der Waals surface area contributed by atoms with E-state index in [1.807, 2.05) is 36.1 Å². The second-order valence-corrected chi connectivity index (χ2v) is 6.30. The molecule has 0 saturated carbocycles. The van der Waals surface area contributed by atoms with Crippen LogP contribution in [0.2, 0.25) is 0 Å². The van der Waals surface area contributed by atoms with Crippen molar-refractivity contribution in [2.24, 2.45) is 4.99 Å². The van der Waals surface area contributed by atoms with E-state index < -0.39 is 5.97 Å². The SMILES string of the molecule is COc1cc(NC23N=CC(C)=C(NO2)N3c2ccc3c(c2)NCO3)ccn1. The van der Waals surface area contributed by atoms with Crippen molar-refractivity contribution in [3.05, 3.63) is 47.9 Å². The van der Waals surface area contributed by atoms with Crippen molar-refractivity contribution in [2.45, 2.75) is 12.9 Å². The molecule has 1 fully saturated rings. The summed E-state index contributed by atoms with van der Waals surface area (Å²) in [6.07, 6.45) is 3.45. The van der Waals surface area contributed by atoms with Gasteiger partial charge in [-0.15, -0.1) is 0 Å². The summed E-state index contributed by atoms with van der Waals surface area (Å²) < 4.78 is 10.7. The van der Waals surface area contributed by atoms with Gasteiger partial charge in [0.1, 0.15) is 11.6 Å². The maximum Gasteiger partial charge on any atom is 0.351 e. The number of nitrogens with zero attached hydrogens (tertiary/aromatic N) is 3. The van der Waals surface area contributed by atoms with Crippen molar-refractivity contribution in [2.75, 3.05) is 29.4 Å². The van der Waals surface area contributed by atoms with E-state index >= 15 is 0 Å². The first-order valence-corrected chi connectivity index (χ1v) is 8.48. The number of hydrogen-bond acceptors (Lipinski definition) is 9. The fraction of sp³-hybridized carbons (Fsp3) is 0.222. The Morgan fingerprint density at radius 1 is 1.30 bits per heavy atom. The van der Waals surface area contributed by atoms with Gasteiger partial charge >= 0.3 is 5.97 Å². The van der Waals surface area contributed by atoms with E-state index in [9.17, 15) is 0 Å². The molecular formula is C18H18N6O3. The highest BCUT2D eigenvalue weighted by Gasteiger charge is 2.49. The lowest BCUT2D eigenvalue weighted by molar-refractivity contribution is -0.0214. The Morgan fingerprint density at radius 3 is 3.11 bits per heavy atom. The number of aromatic nitrogens is 1. The van der Waals surface area contributed by atoms with Gasteiger partial charge in [-0.1, -0.05) is 0 Å². The summed E-state index contributed by atoms with van der Waals surface area (Å²) in [6, 6.07) is 9.53. The van der Waals surface area contributed by atoms with Crippen LogP contribution in [-0.4, -0.2) is 31.0 Å². The summed E-state index contributed by atoms with van der Waals surface area (Å²) in [6.45, 7) is 2.44. The van der Waals surface area contributed by atoms with Crippen LogP contribution in [-0.2, 0) is 4.84 Å². The highest BCUT2D eigenvalue weighted by molar-refractivity contribution is 5.84. The zero-order valence-electron chi connectivity index (χ0n) is 14.8. The number of anilines is 3. The van der Waals surface area contributed by atoms with Gasteiger partial charge in [0, 0.05) is 29.7 Å². The van der Waals surface area contributed by atoms with Crippen LogP contribution in [0.4, 0.5) is 17.1 Å². The molecule has 1 saturated heterocycles. The number of ether oxygens (including phenoxy) is 2. The van der Waals surface area contributed by atoms with E-state index in [4.69, 9.17) is 14.3 Å². The molecule has 27 heavy (non-hydrogen) atoms. The molecule has 1 atom stereocenters. The van der Waals surface area contributed by atoms with Crippen LogP contribution in [0, 0.1) is 0 Å². The van der Waals surface area contributed by atoms with Crippen molar-refractivity contribution in [3.63, 3.8) is 0 Å². The fourth-order valence-corrected chi connectivity index (χ4v) is 3.27. The van der Waals surface area contributed by atoms with Crippen molar-refractivity contribution >= 4 is 23.3 Å². The molecule has 1 aromatic carbocycles. The van der Waals surface area contributed by atoms with Crippen LogP contribution >= 0.6 is 0 Å². The van der Waals surface area contributed by atoms with Gasteiger partial charge in [0.25, 0.3) is 0 Å². The smallest absolute Gasteiger partial charge is 0.351 e. The van der Waals surface area contributed by atoms with Crippen LogP contribution in [0.15, 0.2) is 52.9 Å². The quantitative estimate of drug-likeness (QED) is 0.759. The highest BCUT2D eigenvalue weighted by atomic mass is 16.7. The van der Waals surface area contributed by atoms with Crippen LogP contribution in [0.3, 0.4) is 0 Å². The molecule has 1 aromatic heterocycles. The van der Waals surface area contributed by atoms with E-state index in [-0.39, 0.29) is 0 Å². The highest BCUT2D eigenvalue weighted by Crippen LogP contribution is 2.42. The minimum atomic E-state index is -1.17. The Kier molecular flexibility index (Phi) is 3.37. The summed E-state index contributed by atoms with van der Waals surface area (Å²) in [4.78, 5) is 16.6. The van der Waals surface area contributed by atoms with Crippen LogP contribution in [0.5, 0.6) is 11.6 Å². The first-order valence-electron chi connectivity index (χ1n) is 8.48. The monoisotopic (exact) mass is 366 g/mol. The van der Waals surface area contributed by atoms with Gasteiger partial charge in [0.05, 0.1) is 18.5 Å². The molecule has 0 radical (unpaired) electrons. The van der Waals surface area contributed by atoms with Crippen LogP contribution < -0.4 is 30.5 Å². The van der Waals surface area contributed by atoms with Crippen molar-refractivity contribution < 1.29 is 14.3 Å². The molecule has 3 aliphatic rings. The number of fused-ring (bicyclic) bond motifs is 3. The average molecular weight is 366 g/mol. The maximum absolute atomic E-state index is 5.89. The second kappa shape index (κ2) is 5.78. The minimum absolute atomic E-state index is 0.466. The number of hydrogen-bond donors (Lipinski definition) is 3. The molecule has 5 rings (SSSR count). The summed E-state index contributed by atoms with van der Waals surface area (Å²) in [5.74, 6) is 0.971. The van der Waals surface area contributed by atoms with Gasteiger partial charge in [0.2, 0.25) is 5.88 Å². The second-order valence-electron chi connectivity index (χ2n) is 6.30. The van der Waals surface area contributed by atoms with E-state index in [0.29, 0.717) is 12.6 Å². The van der Waals surface area contributed by atoms with Crippen molar-refractivity contribution in [1.29, 1.82) is 0 Å². The standard InChI is InChI=1S/C18H18N6O3/c1-11-9-21-18(22-12-5-6-19-16(7-12)25-2)24(17(11)23-27-18)13-3-4-15-14(8-13)20-10-26-15/h3-9,20,23H,10H2,1-2H3,(H,19,22). The third-order valence-electron chi connectivity index (χ3n) is 4.59. The number of rotatable bonds is 4. The van der Waals surface area contributed by atoms with E-state index in [2.05, 4.69) is 26.1 Å². The lowest BCUT2D eigenvalue weighted by atomic mass is 10.2. The Hall–Kier alpha value is -3.46. The number of methoxy groups -OCH3 is 1. The molecule has 0 amide bonds. The molecule has 2 bridgehead atoms. The van der Waals surface area contributed by atoms with Gasteiger partial charge in [-0.25, -0.2) is 20.3 Å². The van der Waals surface area contributed by atoms with Crippen LogP contribution in [0.1, 0.15) is 6.92 Å². The minimum Gasteiger partial charge on any atom is -0.481 e. The normalized spacial score (nSPS) is 22.1. The molecule has 2 aromatic rings. The van der Waals surface area contributed by atoms with Crippen LogP contribution in [0.25, 0.3) is 0 Å².